The molecular weight excluding hydrogens is 270 g/mol. The Morgan fingerprint density at radius 3 is 2.29 bits per heavy atom. The molecule has 0 radical (unpaired) electrons. The van der Waals surface area contributed by atoms with E-state index in [1.54, 1.807) is 0 Å². The molecule has 0 aliphatic rings. The summed E-state index contributed by atoms with van der Waals surface area (Å²) >= 11 is 0. The molecule has 0 heterocycles. The molecule has 0 bridgehead atoms. The lowest BCUT2D eigenvalue weighted by atomic mass is 10.1. The first-order valence-corrected chi connectivity index (χ1v) is 6.43. The summed E-state index contributed by atoms with van der Waals surface area (Å²) in [4.78, 5) is 0. The Bertz CT molecular complexity index is 802. The zero-order valence-corrected chi connectivity index (χ0v) is 11.0. The van der Waals surface area contributed by atoms with Gasteiger partial charge in [-0.15, -0.1) is 0 Å². The van der Waals surface area contributed by atoms with E-state index >= 15 is 0 Å². The smallest absolute Gasteiger partial charge is 0.130 e. The molecule has 0 aromatic heterocycles. The quantitative estimate of drug-likeness (QED) is 0.524. The number of amidine groups is 1. The van der Waals surface area contributed by atoms with E-state index in [1.807, 2.05) is 42.5 Å². The predicted octanol–water partition coefficient (Wildman–Crippen LogP) is 4.56. The molecule has 3 rings (SSSR count). The number of hydrogen-bond acceptors (Lipinski definition) is 1. The van der Waals surface area contributed by atoms with Crippen molar-refractivity contribution < 1.29 is 8.78 Å². The molecule has 104 valence electrons. The largest absolute Gasteiger partial charge is 0.340 e. The van der Waals surface area contributed by atoms with Gasteiger partial charge in [-0.25, -0.2) is 8.78 Å². The van der Waals surface area contributed by atoms with Crippen LogP contribution >= 0.6 is 0 Å². The van der Waals surface area contributed by atoms with Crippen molar-refractivity contribution in [3.63, 3.8) is 0 Å². The predicted molar refractivity (Wildman–Crippen MR) is 80.8 cm³/mol. The maximum Gasteiger partial charge on any atom is 0.130 e. The maximum atomic E-state index is 13.2. The van der Waals surface area contributed by atoms with E-state index in [0.29, 0.717) is 0 Å². The van der Waals surface area contributed by atoms with Crippen molar-refractivity contribution in [1.29, 1.82) is 5.41 Å². The van der Waals surface area contributed by atoms with Crippen LogP contribution < -0.4 is 5.32 Å². The lowest BCUT2D eigenvalue weighted by molar-refractivity contribution is 0.583. The molecule has 0 unspecified atom stereocenters. The number of rotatable bonds is 2. The fourth-order valence-electron chi connectivity index (χ4n) is 2.24. The zero-order chi connectivity index (χ0) is 14.8. The Morgan fingerprint density at radius 1 is 0.857 bits per heavy atom. The summed E-state index contributed by atoms with van der Waals surface area (Å²) in [7, 11) is 0. The minimum absolute atomic E-state index is 0.0512. The van der Waals surface area contributed by atoms with E-state index in [2.05, 4.69) is 5.32 Å². The van der Waals surface area contributed by atoms with Gasteiger partial charge in [-0.1, -0.05) is 36.4 Å². The second-order valence-corrected chi connectivity index (χ2v) is 4.68. The molecule has 4 heteroatoms. The van der Waals surface area contributed by atoms with Gasteiger partial charge < -0.3 is 5.32 Å². The first kappa shape index (κ1) is 13.2. The van der Waals surface area contributed by atoms with Crippen LogP contribution in [0, 0.1) is 17.0 Å². The Morgan fingerprint density at radius 2 is 1.52 bits per heavy atom. The highest BCUT2D eigenvalue weighted by Crippen LogP contribution is 2.23. The number of hydrogen-bond donors (Lipinski definition) is 2. The van der Waals surface area contributed by atoms with Crippen molar-refractivity contribution in [3.8, 4) is 0 Å². The van der Waals surface area contributed by atoms with E-state index < -0.39 is 11.6 Å². The normalized spacial score (nSPS) is 10.6. The molecule has 0 atom stereocenters. The van der Waals surface area contributed by atoms with Crippen LogP contribution in [0.2, 0.25) is 0 Å². The number of nitrogens with one attached hydrogen (secondary N) is 2. The molecule has 0 saturated carbocycles. The summed E-state index contributed by atoms with van der Waals surface area (Å²) in [6, 6.07) is 16.4. The zero-order valence-electron chi connectivity index (χ0n) is 11.0. The third-order valence-corrected chi connectivity index (χ3v) is 3.20. The summed E-state index contributed by atoms with van der Waals surface area (Å²) in [6.45, 7) is 0. The Kier molecular flexibility index (Phi) is 3.36. The second-order valence-electron chi connectivity index (χ2n) is 4.68. The molecule has 3 aromatic carbocycles. The molecule has 0 saturated heterocycles. The van der Waals surface area contributed by atoms with Crippen molar-refractivity contribution in [2.75, 3.05) is 5.32 Å². The average Bonchev–Trinajstić information content (AvgIpc) is 2.46. The lowest BCUT2D eigenvalue weighted by Gasteiger charge is -2.11. The van der Waals surface area contributed by atoms with Crippen LogP contribution in [0.5, 0.6) is 0 Å². The number of anilines is 1. The van der Waals surface area contributed by atoms with Crippen LogP contribution in [0.1, 0.15) is 5.56 Å². The van der Waals surface area contributed by atoms with Gasteiger partial charge in [0.15, 0.2) is 0 Å². The van der Waals surface area contributed by atoms with Crippen LogP contribution in [0.3, 0.4) is 0 Å². The van der Waals surface area contributed by atoms with E-state index in [4.69, 9.17) is 5.41 Å². The number of benzene rings is 3. The molecule has 0 aliphatic heterocycles. The van der Waals surface area contributed by atoms with Crippen LogP contribution in [0.25, 0.3) is 10.8 Å². The Balaban J connectivity index is 1.96. The van der Waals surface area contributed by atoms with Crippen molar-refractivity contribution in [2.24, 2.45) is 0 Å². The Labute approximate surface area is 120 Å². The van der Waals surface area contributed by atoms with Crippen LogP contribution in [-0.2, 0) is 0 Å². The summed E-state index contributed by atoms with van der Waals surface area (Å²) in [5.41, 5.74) is 0.892. The van der Waals surface area contributed by atoms with Gasteiger partial charge in [0.25, 0.3) is 0 Å². The van der Waals surface area contributed by atoms with Crippen molar-refractivity contribution >= 4 is 22.3 Å². The van der Waals surface area contributed by atoms with Crippen molar-refractivity contribution in [1.82, 2.24) is 0 Å². The summed E-state index contributed by atoms with van der Waals surface area (Å²) < 4.78 is 26.4. The second kappa shape index (κ2) is 5.32. The van der Waals surface area contributed by atoms with Crippen molar-refractivity contribution in [2.45, 2.75) is 0 Å². The van der Waals surface area contributed by atoms with Gasteiger partial charge in [0.2, 0.25) is 0 Å². The average molecular weight is 282 g/mol. The van der Waals surface area contributed by atoms with Gasteiger partial charge >= 0.3 is 0 Å². The van der Waals surface area contributed by atoms with E-state index in [1.165, 1.54) is 0 Å². The topological polar surface area (TPSA) is 35.9 Å². The molecule has 0 amide bonds. The molecule has 0 aliphatic carbocycles. The fraction of sp³-hybridized carbons (Fsp3) is 0. The molecule has 0 spiro atoms. The molecule has 3 aromatic rings. The van der Waals surface area contributed by atoms with Crippen molar-refractivity contribution in [3.05, 3.63) is 77.9 Å². The van der Waals surface area contributed by atoms with Gasteiger partial charge in [0, 0.05) is 22.7 Å². The number of fused-ring (bicyclic) bond motifs is 1. The molecule has 21 heavy (non-hydrogen) atoms. The van der Waals surface area contributed by atoms with E-state index in [0.717, 1.165) is 34.7 Å². The molecular formula is C17H12F2N2. The van der Waals surface area contributed by atoms with Crippen LogP contribution in [-0.4, -0.2) is 5.84 Å². The van der Waals surface area contributed by atoms with E-state index in [-0.39, 0.29) is 11.4 Å². The standard InChI is InChI=1S/C17H12F2N2/c18-13-8-12(9-14(19)10-13)17(20)21-16-7-3-5-11-4-1-2-6-15(11)16/h1-10H,(H2,20,21). The van der Waals surface area contributed by atoms with Gasteiger partial charge in [0.1, 0.15) is 17.5 Å². The van der Waals surface area contributed by atoms with Gasteiger partial charge in [0.05, 0.1) is 0 Å². The third-order valence-electron chi connectivity index (χ3n) is 3.20. The summed E-state index contributed by atoms with van der Waals surface area (Å²) in [5.74, 6) is -1.45. The molecule has 0 fully saturated rings. The highest BCUT2D eigenvalue weighted by molar-refractivity contribution is 6.10. The SMILES string of the molecule is N=C(Nc1cccc2ccccc12)c1cc(F)cc(F)c1. The van der Waals surface area contributed by atoms with Gasteiger partial charge in [-0.3, -0.25) is 5.41 Å². The highest BCUT2D eigenvalue weighted by atomic mass is 19.1. The lowest BCUT2D eigenvalue weighted by Crippen LogP contribution is -2.12. The number of halogens is 2. The first-order chi connectivity index (χ1) is 10.1. The van der Waals surface area contributed by atoms with Crippen LogP contribution in [0.15, 0.2) is 60.7 Å². The maximum absolute atomic E-state index is 13.2. The van der Waals surface area contributed by atoms with Gasteiger partial charge in [-0.05, 0) is 23.6 Å². The molecule has 2 N–H and O–H groups in total. The minimum Gasteiger partial charge on any atom is -0.340 e. The summed E-state index contributed by atoms with van der Waals surface area (Å²) in [6.07, 6.45) is 0. The first-order valence-electron chi connectivity index (χ1n) is 6.43. The third kappa shape index (κ3) is 2.74. The molecule has 2 nitrogen and oxygen atoms in total. The van der Waals surface area contributed by atoms with E-state index in [9.17, 15) is 8.78 Å². The van der Waals surface area contributed by atoms with Crippen LogP contribution in [0.4, 0.5) is 14.5 Å². The fourth-order valence-corrected chi connectivity index (χ4v) is 2.24. The van der Waals surface area contributed by atoms with Gasteiger partial charge in [-0.2, -0.15) is 0 Å². The Hall–Kier alpha value is -2.75. The monoisotopic (exact) mass is 282 g/mol. The minimum atomic E-state index is -0.700. The highest BCUT2D eigenvalue weighted by Gasteiger charge is 2.08. The summed E-state index contributed by atoms with van der Waals surface area (Å²) in [5, 5.41) is 12.9.